The molecule has 1 amide bonds. The summed E-state index contributed by atoms with van der Waals surface area (Å²) in [5, 5.41) is 19.5. The lowest BCUT2D eigenvalue weighted by Crippen LogP contribution is -2.15. The lowest BCUT2D eigenvalue weighted by molar-refractivity contribution is -0.385. The van der Waals surface area contributed by atoms with Crippen LogP contribution in [0.2, 0.25) is 0 Å². The number of nitrogens with one attached hydrogen (secondary N) is 3. The van der Waals surface area contributed by atoms with Gasteiger partial charge in [-0.25, -0.2) is 15.0 Å². The first-order chi connectivity index (χ1) is 14.0. The summed E-state index contributed by atoms with van der Waals surface area (Å²) in [6, 6.07) is 12.1. The first kappa shape index (κ1) is 19.7. The van der Waals surface area contributed by atoms with Gasteiger partial charge in [0.05, 0.1) is 10.6 Å². The fraction of sp³-hybridized carbons (Fsp3) is 0.158. The largest absolute Gasteiger partial charge is 0.368 e. The number of pyridine rings is 1. The highest BCUT2D eigenvalue weighted by Gasteiger charge is 2.05. The molecule has 3 N–H and O–H groups in total. The second-order valence-electron chi connectivity index (χ2n) is 6.04. The van der Waals surface area contributed by atoms with E-state index in [1.54, 1.807) is 18.3 Å². The molecule has 0 radical (unpaired) electrons. The van der Waals surface area contributed by atoms with E-state index in [2.05, 4.69) is 30.9 Å². The van der Waals surface area contributed by atoms with E-state index in [1.165, 1.54) is 19.2 Å². The maximum absolute atomic E-state index is 11.1. The fourth-order valence-corrected chi connectivity index (χ4v) is 2.50. The van der Waals surface area contributed by atoms with Gasteiger partial charge in [0.2, 0.25) is 11.9 Å². The van der Waals surface area contributed by atoms with Crippen molar-refractivity contribution < 1.29 is 9.72 Å². The van der Waals surface area contributed by atoms with E-state index in [4.69, 9.17) is 0 Å². The van der Waals surface area contributed by atoms with Crippen LogP contribution in [0.1, 0.15) is 6.92 Å². The smallest absolute Gasteiger partial charge is 0.287 e. The normalized spacial score (nSPS) is 10.2. The van der Waals surface area contributed by atoms with Crippen LogP contribution in [0.15, 0.2) is 54.9 Å². The van der Waals surface area contributed by atoms with Crippen LogP contribution in [-0.4, -0.2) is 38.9 Å². The molecular formula is C19H19N7O3. The third-order valence-electron chi connectivity index (χ3n) is 3.83. The van der Waals surface area contributed by atoms with Crippen LogP contribution in [0.3, 0.4) is 0 Å². The van der Waals surface area contributed by atoms with Gasteiger partial charge in [0.25, 0.3) is 5.69 Å². The van der Waals surface area contributed by atoms with Crippen LogP contribution in [0, 0.1) is 10.1 Å². The highest BCUT2D eigenvalue weighted by atomic mass is 16.6. The van der Waals surface area contributed by atoms with Crippen molar-refractivity contribution in [2.75, 3.05) is 29.0 Å². The van der Waals surface area contributed by atoms with Crippen molar-refractivity contribution in [3.63, 3.8) is 0 Å². The van der Waals surface area contributed by atoms with E-state index in [0.29, 0.717) is 24.9 Å². The minimum atomic E-state index is -0.490. The number of amides is 1. The first-order valence-corrected chi connectivity index (χ1v) is 8.80. The van der Waals surface area contributed by atoms with Crippen molar-refractivity contribution >= 4 is 29.0 Å². The Morgan fingerprint density at radius 1 is 1.03 bits per heavy atom. The van der Waals surface area contributed by atoms with Gasteiger partial charge in [0.15, 0.2) is 0 Å². The van der Waals surface area contributed by atoms with Crippen molar-refractivity contribution in [1.29, 1.82) is 0 Å². The van der Waals surface area contributed by atoms with Gasteiger partial charge in [-0.15, -0.1) is 0 Å². The number of hydrogen-bond donors (Lipinski definition) is 3. The van der Waals surface area contributed by atoms with Gasteiger partial charge in [-0.2, -0.15) is 0 Å². The zero-order valence-corrected chi connectivity index (χ0v) is 15.6. The van der Waals surface area contributed by atoms with Gasteiger partial charge in [0, 0.05) is 43.5 Å². The van der Waals surface area contributed by atoms with Gasteiger partial charge >= 0.3 is 0 Å². The zero-order chi connectivity index (χ0) is 20.6. The molecule has 0 fully saturated rings. The van der Waals surface area contributed by atoms with Gasteiger partial charge in [-0.3, -0.25) is 14.9 Å². The van der Waals surface area contributed by atoms with Crippen LogP contribution in [-0.2, 0) is 4.79 Å². The monoisotopic (exact) mass is 393 g/mol. The third-order valence-corrected chi connectivity index (χ3v) is 3.83. The molecule has 0 aliphatic heterocycles. The molecule has 29 heavy (non-hydrogen) atoms. The summed E-state index contributed by atoms with van der Waals surface area (Å²) in [5.41, 5.74) is 2.32. The van der Waals surface area contributed by atoms with Crippen LogP contribution < -0.4 is 16.0 Å². The Labute approximate surface area is 166 Å². The van der Waals surface area contributed by atoms with E-state index in [-0.39, 0.29) is 11.6 Å². The molecule has 3 aromatic rings. The number of nitrogens with zero attached hydrogens (tertiary/aromatic N) is 4. The summed E-state index contributed by atoms with van der Waals surface area (Å²) >= 11 is 0. The molecule has 2 heterocycles. The first-order valence-electron chi connectivity index (χ1n) is 8.80. The lowest BCUT2D eigenvalue weighted by atomic mass is 10.1. The molecule has 148 valence electrons. The van der Waals surface area contributed by atoms with Crippen molar-refractivity contribution in [3.8, 4) is 11.3 Å². The van der Waals surface area contributed by atoms with Crippen LogP contribution >= 0.6 is 0 Å². The predicted octanol–water partition coefficient (Wildman–Crippen LogP) is 2.93. The number of carbonyl (C=O) groups excluding carboxylic acids is 1. The van der Waals surface area contributed by atoms with E-state index >= 15 is 0 Å². The zero-order valence-electron chi connectivity index (χ0n) is 15.6. The van der Waals surface area contributed by atoms with Crippen molar-refractivity contribution in [3.05, 3.63) is 65.0 Å². The summed E-state index contributed by atoms with van der Waals surface area (Å²) in [7, 11) is 0. The van der Waals surface area contributed by atoms with Gasteiger partial charge in [-0.05, 0) is 24.3 Å². The highest BCUT2D eigenvalue weighted by molar-refractivity contribution is 5.88. The third kappa shape index (κ3) is 5.70. The predicted molar refractivity (Wildman–Crippen MR) is 110 cm³/mol. The van der Waals surface area contributed by atoms with Crippen LogP contribution in [0.5, 0.6) is 0 Å². The topological polar surface area (TPSA) is 135 Å². The minimum Gasteiger partial charge on any atom is -0.368 e. The van der Waals surface area contributed by atoms with Gasteiger partial charge in [-0.1, -0.05) is 12.1 Å². The molecule has 0 unspecified atom stereocenters. The van der Waals surface area contributed by atoms with Gasteiger partial charge in [0.1, 0.15) is 12.0 Å². The lowest BCUT2D eigenvalue weighted by Gasteiger charge is -2.09. The molecule has 2 aromatic heterocycles. The molecule has 3 rings (SSSR count). The Morgan fingerprint density at radius 3 is 2.45 bits per heavy atom. The quantitative estimate of drug-likeness (QED) is 0.302. The average molecular weight is 393 g/mol. The summed E-state index contributed by atoms with van der Waals surface area (Å²) < 4.78 is 0. The second kappa shape index (κ2) is 9.22. The van der Waals surface area contributed by atoms with Gasteiger partial charge < -0.3 is 16.0 Å². The number of carbonyl (C=O) groups is 1. The minimum absolute atomic E-state index is 0.0519. The standard InChI is InChI=1S/C19H19N7O3/c1-13(27)24-15-4-2-14(3-5-15)17-8-9-21-19(25-17)22-11-10-20-18-7-6-16(12-23-18)26(28)29/h2-9,12H,10-11H2,1H3,(H,20,23)(H,24,27)(H,21,22,25). The Bertz CT molecular complexity index is 991. The Hall–Kier alpha value is -4.08. The summed E-state index contributed by atoms with van der Waals surface area (Å²) in [4.78, 5) is 33.9. The molecule has 0 aliphatic rings. The molecular weight excluding hydrogens is 374 g/mol. The Balaban J connectivity index is 1.53. The number of hydrogen-bond acceptors (Lipinski definition) is 8. The molecule has 10 nitrogen and oxygen atoms in total. The van der Waals surface area contributed by atoms with Crippen molar-refractivity contribution in [1.82, 2.24) is 15.0 Å². The molecule has 0 saturated carbocycles. The van der Waals surface area contributed by atoms with Crippen LogP contribution in [0.4, 0.5) is 23.1 Å². The van der Waals surface area contributed by atoms with E-state index in [0.717, 1.165) is 16.9 Å². The fourth-order valence-electron chi connectivity index (χ4n) is 2.50. The maximum atomic E-state index is 11.1. The second-order valence-corrected chi connectivity index (χ2v) is 6.04. The Morgan fingerprint density at radius 2 is 1.79 bits per heavy atom. The molecule has 0 atom stereocenters. The van der Waals surface area contributed by atoms with Crippen molar-refractivity contribution in [2.45, 2.75) is 6.92 Å². The molecule has 0 saturated heterocycles. The molecule has 0 spiro atoms. The van der Waals surface area contributed by atoms with Crippen LogP contribution in [0.25, 0.3) is 11.3 Å². The van der Waals surface area contributed by atoms with E-state index < -0.39 is 4.92 Å². The maximum Gasteiger partial charge on any atom is 0.287 e. The van der Waals surface area contributed by atoms with Crippen molar-refractivity contribution in [2.24, 2.45) is 0 Å². The average Bonchev–Trinajstić information content (AvgIpc) is 2.72. The van der Waals surface area contributed by atoms with E-state index in [1.807, 2.05) is 24.3 Å². The Kier molecular flexibility index (Phi) is 6.25. The molecule has 0 bridgehead atoms. The SMILES string of the molecule is CC(=O)Nc1ccc(-c2ccnc(NCCNc3ccc([N+](=O)[O-])cn3)n2)cc1. The molecule has 0 aliphatic carbocycles. The number of nitro groups is 1. The number of rotatable bonds is 8. The number of aromatic nitrogens is 3. The summed E-state index contributed by atoms with van der Waals surface area (Å²) in [6.45, 7) is 2.52. The number of anilines is 3. The molecule has 10 heteroatoms. The summed E-state index contributed by atoms with van der Waals surface area (Å²) in [5.74, 6) is 0.905. The van der Waals surface area contributed by atoms with E-state index in [9.17, 15) is 14.9 Å². The summed E-state index contributed by atoms with van der Waals surface area (Å²) in [6.07, 6.45) is 2.87. The highest BCUT2D eigenvalue weighted by Crippen LogP contribution is 2.20. The number of benzene rings is 1. The molecule has 1 aromatic carbocycles.